The normalized spacial score (nSPS) is 10.8. The number of thioether (sulfide) groups is 1. The first-order valence-electron chi connectivity index (χ1n) is 8.22. The molecule has 2 N–H and O–H groups in total. The van der Waals surface area contributed by atoms with Gasteiger partial charge in [-0.1, -0.05) is 42.1 Å². The molecule has 1 aromatic carbocycles. The summed E-state index contributed by atoms with van der Waals surface area (Å²) < 4.78 is 5.24. The molecule has 0 saturated heterocycles. The van der Waals surface area contributed by atoms with Crippen molar-refractivity contribution in [3.05, 3.63) is 71.4 Å². The fourth-order valence-electron chi connectivity index (χ4n) is 2.46. The topological polar surface area (TPSA) is 70.9 Å². The van der Waals surface area contributed by atoms with E-state index in [0.717, 1.165) is 28.7 Å². The van der Waals surface area contributed by atoms with E-state index in [1.165, 1.54) is 17.3 Å². The number of rotatable bonds is 8. The second-order valence-corrected chi connectivity index (χ2v) is 6.71. The van der Waals surface area contributed by atoms with Crippen molar-refractivity contribution in [3.8, 4) is 0 Å². The minimum atomic E-state index is -0.00443. The number of furan rings is 1. The molecule has 0 saturated carbocycles. The van der Waals surface area contributed by atoms with Gasteiger partial charge in [0.2, 0.25) is 5.91 Å². The Morgan fingerprint density at radius 1 is 1.24 bits per heavy atom. The number of aromatic amines is 1. The highest BCUT2D eigenvalue weighted by Gasteiger charge is 2.10. The van der Waals surface area contributed by atoms with Gasteiger partial charge in [-0.2, -0.15) is 0 Å². The molecular weight excluding hydrogens is 334 g/mol. The van der Waals surface area contributed by atoms with E-state index in [4.69, 9.17) is 4.42 Å². The van der Waals surface area contributed by atoms with Crippen LogP contribution in [-0.4, -0.2) is 28.2 Å². The molecule has 0 aliphatic heterocycles. The number of carbonyl (C=O) groups is 1. The summed E-state index contributed by atoms with van der Waals surface area (Å²) in [4.78, 5) is 19.8. The molecule has 1 amide bonds. The van der Waals surface area contributed by atoms with Crippen molar-refractivity contribution in [2.75, 3.05) is 12.3 Å². The van der Waals surface area contributed by atoms with Crippen LogP contribution in [0, 0.1) is 6.92 Å². The lowest BCUT2D eigenvalue weighted by Gasteiger charge is -2.02. The molecule has 25 heavy (non-hydrogen) atoms. The maximum absolute atomic E-state index is 11.9. The maximum atomic E-state index is 11.9. The Morgan fingerprint density at radius 2 is 2.08 bits per heavy atom. The third-order valence-corrected chi connectivity index (χ3v) is 4.67. The van der Waals surface area contributed by atoms with Gasteiger partial charge in [0.05, 0.1) is 17.7 Å². The molecule has 5 nitrogen and oxygen atoms in total. The molecule has 6 heteroatoms. The number of hydrogen-bond donors (Lipinski definition) is 2. The second-order valence-electron chi connectivity index (χ2n) is 5.74. The maximum Gasteiger partial charge on any atom is 0.230 e. The zero-order valence-electron chi connectivity index (χ0n) is 14.1. The van der Waals surface area contributed by atoms with E-state index < -0.39 is 0 Å². The van der Waals surface area contributed by atoms with Crippen molar-refractivity contribution in [2.45, 2.75) is 24.9 Å². The zero-order valence-corrected chi connectivity index (χ0v) is 14.9. The molecule has 0 aliphatic rings. The van der Waals surface area contributed by atoms with Crippen LogP contribution in [0.3, 0.4) is 0 Å². The van der Waals surface area contributed by atoms with E-state index in [2.05, 4.69) is 27.4 Å². The number of aryl methyl sites for hydroxylation is 1. The Balaban J connectivity index is 1.45. The Morgan fingerprint density at radius 3 is 2.84 bits per heavy atom. The minimum Gasteiger partial charge on any atom is -0.469 e. The van der Waals surface area contributed by atoms with Gasteiger partial charge in [-0.25, -0.2) is 4.98 Å². The summed E-state index contributed by atoms with van der Waals surface area (Å²) in [5.41, 5.74) is 3.29. The van der Waals surface area contributed by atoms with E-state index in [0.29, 0.717) is 18.7 Å². The lowest BCUT2D eigenvalue weighted by atomic mass is 10.1. The molecule has 0 aliphatic carbocycles. The number of carbonyl (C=O) groups excluding carboxylic acids is 1. The first kappa shape index (κ1) is 17.4. The largest absolute Gasteiger partial charge is 0.469 e. The number of nitrogens with one attached hydrogen (secondary N) is 2. The molecule has 2 heterocycles. The van der Waals surface area contributed by atoms with Gasteiger partial charge in [0, 0.05) is 25.1 Å². The minimum absolute atomic E-state index is 0.00443. The van der Waals surface area contributed by atoms with Gasteiger partial charge in [0.1, 0.15) is 5.76 Å². The summed E-state index contributed by atoms with van der Waals surface area (Å²) in [6.45, 7) is 2.59. The molecular formula is C19H21N3O2S. The van der Waals surface area contributed by atoms with E-state index >= 15 is 0 Å². The van der Waals surface area contributed by atoms with Crippen molar-refractivity contribution in [1.29, 1.82) is 0 Å². The highest BCUT2D eigenvalue weighted by molar-refractivity contribution is 7.99. The standard InChI is InChI=1S/C19H21N3O2S/c1-14-17(12-15-6-3-2-4-7-15)22-19(21-14)25-13-18(23)20-10-9-16-8-5-11-24-16/h2-8,11H,9-10,12-13H2,1H3,(H,20,23)(H,21,22). The average Bonchev–Trinajstić information content (AvgIpc) is 3.24. The first-order chi connectivity index (χ1) is 12.2. The SMILES string of the molecule is Cc1[nH]c(SCC(=O)NCCc2ccco2)nc1Cc1ccccc1. The smallest absolute Gasteiger partial charge is 0.230 e. The van der Waals surface area contributed by atoms with Crippen LogP contribution in [-0.2, 0) is 17.6 Å². The third-order valence-electron chi connectivity index (χ3n) is 3.79. The van der Waals surface area contributed by atoms with Crippen LogP contribution >= 0.6 is 11.8 Å². The molecule has 0 unspecified atom stereocenters. The summed E-state index contributed by atoms with van der Waals surface area (Å²) in [7, 11) is 0. The summed E-state index contributed by atoms with van der Waals surface area (Å²) in [5, 5.41) is 3.67. The second kappa shape index (κ2) is 8.58. The Hall–Kier alpha value is -2.47. The molecule has 0 radical (unpaired) electrons. The van der Waals surface area contributed by atoms with Gasteiger partial charge in [-0.05, 0) is 24.6 Å². The van der Waals surface area contributed by atoms with Crippen LogP contribution in [0.2, 0.25) is 0 Å². The first-order valence-corrected chi connectivity index (χ1v) is 9.20. The monoisotopic (exact) mass is 355 g/mol. The lowest BCUT2D eigenvalue weighted by Crippen LogP contribution is -2.27. The lowest BCUT2D eigenvalue weighted by molar-refractivity contribution is -0.118. The van der Waals surface area contributed by atoms with Crippen molar-refractivity contribution in [1.82, 2.24) is 15.3 Å². The van der Waals surface area contributed by atoms with Crippen molar-refractivity contribution in [2.24, 2.45) is 0 Å². The summed E-state index contributed by atoms with van der Waals surface area (Å²) in [6, 6.07) is 14.0. The van der Waals surface area contributed by atoms with E-state index in [1.807, 2.05) is 37.3 Å². The highest BCUT2D eigenvalue weighted by atomic mass is 32.2. The van der Waals surface area contributed by atoms with Gasteiger partial charge < -0.3 is 14.7 Å². The fraction of sp³-hybridized carbons (Fsp3) is 0.263. The molecule has 2 aromatic heterocycles. The van der Waals surface area contributed by atoms with Gasteiger partial charge >= 0.3 is 0 Å². The van der Waals surface area contributed by atoms with Crippen molar-refractivity contribution in [3.63, 3.8) is 0 Å². The van der Waals surface area contributed by atoms with Crippen molar-refractivity contribution >= 4 is 17.7 Å². The number of H-pyrrole nitrogens is 1. The molecule has 3 aromatic rings. The molecule has 0 fully saturated rings. The highest BCUT2D eigenvalue weighted by Crippen LogP contribution is 2.18. The average molecular weight is 355 g/mol. The Bertz CT molecular complexity index is 797. The van der Waals surface area contributed by atoms with Crippen LogP contribution in [0.4, 0.5) is 0 Å². The van der Waals surface area contributed by atoms with Crippen LogP contribution in [0.25, 0.3) is 0 Å². The van der Waals surface area contributed by atoms with Crippen LogP contribution in [0.1, 0.15) is 22.7 Å². The molecule has 130 valence electrons. The van der Waals surface area contributed by atoms with E-state index in [-0.39, 0.29) is 5.91 Å². The Kier molecular flexibility index (Phi) is 5.95. The van der Waals surface area contributed by atoms with Gasteiger partial charge in [0.25, 0.3) is 0 Å². The van der Waals surface area contributed by atoms with Crippen LogP contribution in [0.15, 0.2) is 58.3 Å². The summed E-state index contributed by atoms with van der Waals surface area (Å²) >= 11 is 1.42. The number of benzene rings is 1. The van der Waals surface area contributed by atoms with E-state index in [9.17, 15) is 4.79 Å². The predicted octanol–water partition coefficient (Wildman–Crippen LogP) is 3.35. The van der Waals surface area contributed by atoms with Crippen LogP contribution in [0.5, 0.6) is 0 Å². The predicted molar refractivity (Wildman–Crippen MR) is 98.7 cm³/mol. The molecule has 0 bridgehead atoms. The van der Waals surface area contributed by atoms with Gasteiger partial charge in [0.15, 0.2) is 5.16 Å². The number of imidazole rings is 1. The molecule has 0 spiro atoms. The number of nitrogens with zero attached hydrogens (tertiary/aromatic N) is 1. The molecule has 3 rings (SSSR count). The summed E-state index contributed by atoms with van der Waals surface area (Å²) in [5.74, 6) is 1.21. The fourth-order valence-corrected chi connectivity index (χ4v) is 3.23. The number of hydrogen-bond acceptors (Lipinski definition) is 4. The number of amides is 1. The summed E-state index contributed by atoms with van der Waals surface area (Å²) in [6.07, 6.45) is 3.13. The van der Waals surface area contributed by atoms with Crippen molar-refractivity contribution < 1.29 is 9.21 Å². The third kappa shape index (κ3) is 5.26. The van der Waals surface area contributed by atoms with E-state index in [1.54, 1.807) is 6.26 Å². The zero-order chi connectivity index (χ0) is 17.5. The Labute approximate surface area is 151 Å². The molecule has 0 atom stereocenters. The quantitative estimate of drug-likeness (QED) is 0.608. The van der Waals surface area contributed by atoms with Gasteiger partial charge in [-0.15, -0.1) is 0 Å². The van der Waals surface area contributed by atoms with Gasteiger partial charge in [-0.3, -0.25) is 4.79 Å². The number of aromatic nitrogens is 2. The van der Waals surface area contributed by atoms with Crippen LogP contribution < -0.4 is 5.32 Å².